The van der Waals surface area contributed by atoms with E-state index < -0.39 is 0 Å². The summed E-state index contributed by atoms with van der Waals surface area (Å²) in [6.45, 7) is 0.840. The van der Waals surface area contributed by atoms with Gasteiger partial charge in [0.25, 0.3) is 5.91 Å². The van der Waals surface area contributed by atoms with Crippen molar-refractivity contribution < 1.29 is 9.59 Å². The number of hydrogen-bond acceptors (Lipinski definition) is 4. The number of carbonyl (C=O) groups excluding carboxylic acids is 2. The molecule has 3 N–H and O–H groups in total. The first-order valence-electron chi connectivity index (χ1n) is 6.65. The Morgan fingerprint density at radius 3 is 2.95 bits per heavy atom. The minimum Gasteiger partial charge on any atom is -0.399 e. The Labute approximate surface area is 111 Å². The second-order valence-electron chi connectivity index (χ2n) is 5.13. The van der Waals surface area contributed by atoms with Gasteiger partial charge in [-0.05, 0) is 43.1 Å². The Hall–Kier alpha value is -1.88. The van der Waals surface area contributed by atoms with Crippen LogP contribution in [0.3, 0.4) is 0 Å². The van der Waals surface area contributed by atoms with Gasteiger partial charge in [0.2, 0.25) is 5.91 Å². The Kier molecular flexibility index (Phi) is 2.98. The van der Waals surface area contributed by atoms with Crippen LogP contribution in [0.25, 0.3) is 0 Å². The maximum atomic E-state index is 12.5. The quantitative estimate of drug-likeness (QED) is 0.578. The maximum absolute atomic E-state index is 12.5. The number of hydrogen-bond donors (Lipinski definition) is 2. The lowest BCUT2D eigenvalue weighted by Gasteiger charge is -2.26. The first-order chi connectivity index (χ1) is 9.16. The third-order valence-corrected chi connectivity index (χ3v) is 3.76. The van der Waals surface area contributed by atoms with Gasteiger partial charge in [0.1, 0.15) is 0 Å². The van der Waals surface area contributed by atoms with Crippen molar-refractivity contribution >= 4 is 23.2 Å². The van der Waals surface area contributed by atoms with Gasteiger partial charge in [-0.2, -0.15) is 0 Å². The number of piperidine rings is 1. The van der Waals surface area contributed by atoms with E-state index in [9.17, 15) is 9.59 Å². The summed E-state index contributed by atoms with van der Waals surface area (Å²) in [6.07, 6.45) is 3.18. The zero-order chi connectivity index (χ0) is 13.4. The van der Waals surface area contributed by atoms with Crippen molar-refractivity contribution in [3.05, 3.63) is 23.8 Å². The van der Waals surface area contributed by atoms with Gasteiger partial charge in [0.15, 0.2) is 0 Å². The molecule has 1 atom stereocenters. The van der Waals surface area contributed by atoms with Gasteiger partial charge < -0.3 is 11.1 Å². The molecular weight excluding hydrogens is 242 g/mol. The smallest absolute Gasteiger partial charge is 0.250 e. The fourth-order valence-electron chi connectivity index (χ4n) is 2.80. The van der Waals surface area contributed by atoms with Gasteiger partial charge in [-0.3, -0.25) is 9.59 Å². The first kappa shape index (κ1) is 12.2. The molecule has 5 heteroatoms. The molecule has 0 spiro atoms. The highest BCUT2D eigenvalue weighted by Crippen LogP contribution is 2.31. The van der Waals surface area contributed by atoms with Gasteiger partial charge in [-0.15, -0.1) is 0 Å². The highest BCUT2D eigenvalue weighted by atomic mass is 16.2. The summed E-state index contributed by atoms with van der Waals surface area (Å²) in [4.78, 5) is 25.9. The standard InChI is InChI=1S/C14H17N3O2/c15-10-4-5-12-9(7-10)8-13(18)17(12)14(19)11-3-1-2-6-16-11/h4-5,7,11,16H,1-3,6,8,15H2. The second-order valence-corrected chi connectivity index (χ2v) is 5.13. The van der Waals surface area contributed by atoms with Gasteiger partial charge in [-0.1, -0.05) is 6.42 Å². The zero-order valence-corrected chi connectivity index (χ0v) is 10.7. The number of benzene rings is 1. The SMILES string of the molecule is Nc1ccc2c(c1)CC(=O)N2C(=O)C1CCCCN1. The molecule has 1 aromatic rings. The molecule has 0 bridgehead atoms. The third kappa shape index (κ3) is 2.10. The number of rotatable bonds is 1. The fourth-order valence-corrected chi connectivity index (χ4v) is 2.80. The molecule has 1 unspecified atom stereocenters. The van der Waals surface area contributed by atoms with E-state index in [4.69, 9.17) is 5.73 Å². The van der Waals surface area contributed by atoms with Gasteiger partial charge >= 0.3 is 0 Å². The average molecular weight is 259 g/mol. The molecule has 0 aliphatic carbocycles. The minimum absolute atomic E-state index is 0.131. The summed E-state index contributed by atoms with van der Waals surface area (Å²) in [5.41, 5.74) is 7.87. The molecule has 3 rings (SSSR count). The van der Waals surface area contributed by atoms with Crippen LogP contribution in [-0.2, 0) is 16.0 Å². The lowest BCUT2D eigenvalue weighted by atomic mass is 10.0. The molecule has 1 fully saturated rings. The van der Waals surface area contributed by atoms with Gasteiger partial charge in [0.05, 0.1) is 18.2 Å². The van der Waals surface area contributed by atoms with E-state index in [1.807, 2.05) is 0 Å². The molecule has 100 valence electrons. The molecule has 1 saturated heterocycles. The number of nitrogen functional groups attached to an aromatic ring is 1. The Morgan fingerprint density at radius 1 is 1.37 bits per heavy atom. The first-order valence-corrected chi connectivity index (χ1v) is 6.65. The van der Waals surface area contributed by atoms with E-state index >= 15 is 0 Å². The van der Waals surface area contributed by atoms with Crippen molar-refractivity contribution in [3.63, 3.8) is 0 Å². The molecule has 0 aromatic heterocycles. The van der Waals surface area contributed by atoms with E-state index in [1.165, 1.54) is 4.90 Å². The Balaban J connectivity index is 1.89. The highest BCUT2D eigenvalue weighted by molar-refractivity contribution is 6.20. The number of anilines is 2. The van der Waals surface area contributed by atoms with Crippen LogP contribution in [0, 0.1) is 0 Å². The van der Waals surface area contributed by atoms with Crippen molar-refractivity contribution in [1.29, 1.82) is 0 Å². The van der Waals surface area contributed by atoms with E-state index in [2.05, 4.69) is 5.32 Å². The number of amides is 2. The van der Waals surface area contributed by atoms with Crippen molar-refractivity contribution in [1.82, 2.24) is 5.32 Å². The molecule has 2 heterocycles. The lowest BCUT2D eigenvalue weighted by molar-refractivity contribution is -0.127. The molecule has 2 aliphatic heterocycles. The van der Waals surface area contributed by atoms with E-state index in [1.54, 1.807) is 18.2 Å². The summed E-state index contributed by atoms with van der Waals surface area (Å²) in [5, 5.41) is 3.19. The molecule has 19 heavy (non-hydrogen) atoms. The van der Waals surface area contributed by atoms with Crippen molar-refractivity contribution in [3.8, 4) is 0 Å². The van der Waals surface area contributed by atoms with Gasteiger partial charge in [0, 0.05) is 5.69 Å². The topological polar surface area (TPSA) is 75.4 Å². The van der Waals surface area contributed by atoms with Crippen molar-refractivity contribution in [2.24, 2.45) is 0 Å². The lowest BCUT2D eigenvalue weighted by Crippen LogP contribution is -2.49. The Morgan fingerprint density at radius 2 is 2.21 bits per heavy atom. The number of imide groups is 1. The van der Waals surface area contributed by atoms with Crippen LogP contribution in [0.5, 0.6) is 0 Å². The van der Waals surface area contributed by atoms with E-state index in [0.29, 0.717) is 11.4 Å². The predicted molar refractivity (Wildman–Crippen MR) is 72.7 cm³/mol. The largest absolute Gasteiger partial charge is 0.399 e. The number of nitrogens with two attached hydrogens (primary N) is 1. The average Bonchev–Trinajstić information content (AvgIpc) is 2.74. The number of nitrogens with one attached hydrogen (secondary N) is 1. The zero-order valence-electron chi connectivity index (χ0n) is 10.7. The fraction of sp³-hybridized carbons (Fsp3) is 0.429. The number of fused-ring (bicyclic) bond motifs is 1. The second kappa shape index (κ2) is 4.66. The summed E-state index contributed by atoms with van der Waals surface area (Å²) in [5.74, 6) is -0.286. The van der Waals surface area contributed by atoms with Crippen LogP contribution in [-0.4, -0.2) is 24.4 Å². The number of nitrogens with zero attached hydrogens (tertiary/aromatic N) is 1. The molecule has 0 radical (unpaired) electrons. The molecule has 2 amide bonds. The molecular formula is C14H17N3O2. The number of carbonyl (C=O) groups is 2. The van der Waals surface area contributed by atoms with Crippen LogP contribution in [0.1, 0.15) is 24.8 Å². The summed E-state index contributed by atoms with van der Waals surface area (Å²) >= 11 is 0. The summed E-state index contributed by atoms with van der Waals surface area (Å²) < 4.78 is 0. The predicted octanol–water partition coefficient (Wildman–Crippen LogP) is 0.827. The molecule has 2 aliphatic rings. The summed E-state index contributed by atoms with van der Waals surface area (Å²) in [7, 11) is 0. The van der Waals surface area contributed by atoms with E-state index in [-0.39, 0.29) is 24.3 Å². The van der Waals surface area contributed by atoms with Crippen LogP contribution in [0.4, 0.5) is 11.4 Å². The monoisotopic (exact) mass is 259 g/mol. The van der Waals surface area contributed by atoms with Crippen LogP contribution >= 0.6 is 0 Å². The third-order valence-electron chi connectivity index (χ3n) is 3.76. The molecule has 5 nitrogen and oxygen atoms in total. The summed E-state index contributed by atoms with van der Waals surface area (Å²) in [6, 6.07) is 5.03. The van der Waals surface area contributed by atoms with Crippen LogP contribution < -0.4 is 16.0 Å². The maximum Gasteiger partial charge on any atom is 0.250 e. The molecule has 0 saturated carbocycles. The van der Waals surface area contributed by atoms with E-state index in [0.717, 1.165) is 31.4 Å². The molecule has 1 aromatic carbocycles. The highest BCUT2D eigenvalue weighted by Gasteiger charge is 2.36. The van der Waals surface area contributed by atoms with Crippen LogP contribution in [0.2, 0.25) is 0 Å². The van der Waals surface area contributed by atoms with Gasteiger partial charge in [-0.25, -0.2) is 4.90 Å². The van der Waals surface area contributed by atoms with Crippen molar-refractivity contribution in [2.75, 3.05) is 17.2 Å². The van der Waals surface area contributed by atoms with Crippen molar-refractivity contribution in [2.45, 2.75) is 31.7 Å². The van der Waals surface area contributed by atoms with Crippen LogP contribution in [0.15, 0.2) is 18.2 Å². The normalized spacial score (nSPS) is 22.4. The minimum atomic E-state index is -0.235. The Bertz CT molecular complexity index is 535.